The smallest absolute Gasteiger partial charge is 0.433 e. The second kappa shape index (κ2) is 9.25. The highest BCUT2D eigenvalue weighted by Crippen LogP contribution is 2.36. The van der Waals surface area contributed by atoms with Gasteiger partial charge in [0.05, 0.1) is 18.5 Å². The summed E-state index contributed by atoms with van der Waals surface area (Å²) >= 11 is 0. The van der Waals surface area contributed by atoms with Crippen molar-refractivity contribution in [1.82, 2.24) is 19.9 Å². The van der Waals surface area contributed by atoms with Gasteiger partial charge in [0.25, 0.3) is 11.5 Å². The van der Waals surface area contributed by atoms with Crippen LogP contribution >= 0.6 is 0 Å². The largest absolute Gasteiger partial charge is 0.486 e. The number of aryl methyl sites for hydroxylation is 1. The number of amides is 1. The number of ether oxygens (including phenoxy) is 2. The van der Waals surface area contributed by atoms with Gasteiger partial charge in [-0.3, -0.25) is 9.59 Å². The first-order chi connectivity index (χ1) is 16.5. The van der Waals surface area contributed by atoms with Crippen LogP contribution in [0.3, 0.4) is 0 Å². The Kier molecular flexibility index (Phi) is 6.50. The van der Waals surface area contributed by atoms with Gasteiger partial charge in [-0.25, -0.2) is 14.4 Å². The van der Waals surface area contributed by atoms with E-state index in [1.165, 1.54) is 50.1 Å². The molecular formula is C23H22F4N4O4. The highest BCUT2D eigenvalue weighted by atomic mass is 19.4. The molecule has 3 aromatic rings. The molecule has 1 saturated heterocycles. The predicted molar refractivity (Wildman–Crippen MR) is 117 cm³/mol. The van der Waals surface area contributed by atoms with Gasteiger partial charge in [0.15, 0.2) is 11.3 Å². The minimum atomic E-state index is -4.81. The van der Waals surface area contributed by atoms with E-state index in [-0.39, 0.29) is 46.8 Å². The zero-order chi connectivity index (χ0) is 25.5. The molecule has 186 valence electrons. The summed E-state index contributed by atoms with van der Waals surface area (Å²) in [6, 6.07) is 6.82. The molecule has 12 heteroatoms. The van der Waals surface area contributed by atoms with Crippen molar-refractivity contribution in [3.05, 3.63) is 63.3 Å². The summed E-state index contributed by atoms with van der Waals surface area (Å²) in [5.74, 6) is -0.0619. The zero-order valence-corrected chi connectivity index (χ0v) is 19.0. The van der Waals surface area contributed by atoms with Gasteiger partial charge >= 0.3 is 6.18 Å². The van der Waals surface area contributed by atoms with Crippen LogP contribution in [0.2, 0.25) is 0 Å². The number of fused-ring (bicyclic) bond motifs is 1. The number of H-pyrrole nitrogens is 1. The number of carbonyl (C=O) groups is 1. The Bertz CT molecular complexity index is 1310. The van der Waals surface area contributed by atoms with E-state index in [1.54, 1.807) is 0 Å². The van der Waals surface area contributed by atoms with Gasteiger partial charge in [0.2, 0.25) is 0 Å². The number of carbonyl (C=O) groups excluding carboxylic acids is 1. The molecule has 0 bridgehead atoms. The van der Waals surface area contributed by atoms with Crippen molar-refractivity contribution >= 4 is 16.9 Å². The van der Waals surface area contributed by atoms with E-state index in [4.69, 9.17) is 9.47 Å². The van der Waals surface area contributed by atoms with Crippen LogP contribution in [0.15, 0.2) is 35.1 Å². The third-order valence-electron chi connectivity index (χ3n) is 5.75. The Morgan fingerprint density at radius 2 is 1.89 bits per heavy atom. The summed E-state index contributed by atoms with van der Waals surface area (Å²) in [5, 5.41) is -0.0962. The SMILES string of the molecule is CO[C@@H]1CN(C(=O)c2ccc(OC(C)c3cc4c(=O)[nH]c(C)nc4nc3C(F)(F)F)cc2)C[C@H]1F. The van der Waals surface area contributed by atoms with Crippen molar-refractivity contribution in [3.8, 4) is 5.75 Å². The molecule has 1 aromatic carbocycles. The number of benzene rings is 1. The van der Waals surface area contributed by atoms with Gasteiger partial charge in [-0.15, -0.1) is 0 Å². The summed E-state index contributed by atoms with van der Waals surface area (Å²) in [6.45, 7) is 2.87. The zero-order valence-electron chi connectivity index (χ0n) is 19.0. The number of pyridine rings is 1. The standard InChI is InChI=1S/C23H22F4N4O4/c1-11(15-8-16-20(28-12(2)29-21(16)32)30-19(15)23(25,26)27)35-14-6-4-13(5-7-14)22(33)31-9-17(24)18(10-31)34-3/h4-8,11,17-18H,9-10H2,1-3H3,(H,28,29,30,32)/t11?,17-,18-/m1/s1. The van der Waals surface area contributed by atoms with E-state index in [2.05, 4.69) is 15.0 Å². The lowest BCUT2D eigenvalue weighted by Gasteiger charge is -2.20. The number of likely N-dealkylation sites (tertiary alicyclic amines) is 1. The number of nitrogens with zero attached hydrogens (tertiary/aromatic N) is 3. The van der Waals surface area contributed by atoms with Crippen molar-refractivity contribution in [3.63, 3.8) is 0 Å². The molecule has 8 nitrogen and oxygen atoms in total. The molecule has 1 fully saturated rings. The predicted octanol–water partition coefficient (Wildman–Crippen LogP) is 3.59. The van der Waals surface area contributed by atoms with Crippen LogP contribution in [0, 0.1) is 6.92 Å². The van der Waals surface area contributed by atoms with Crippen LogP contribution in [0.25, 0.3) is 11.0 Å². The van der Waals surface area contributed by atoms with E-state index in [9.17, 15) is 27.2 Å². The molecule has 4 rings (SSSR count). The first-order valence-electron chi connectivity index (χ1n) is 10.7. The monoisotopic (exact) mass is 494 g/mol. The van der Waals surface area contributed by atoms with Crippen LogP contribution in [0.5, 0.6) is 5.75 Å². The number of methoxy groups -OCH3 is 1. The number of alkyl halides is 4. The Balaban J connectivity index is 1.58. The van der Waals surface area contributed by atoms with Crippen LogP contribution in [0.4, 0.5) is 17.6 Å². The fourth-order valence-electron chi connectivity index (χ4n) is 3.98. The highest BCUT2D eigenvalue weighted by molar-refractivity contribution is 5.94. The fourth-order valence-corrected chi connectivity index (χ4v) is 3.98. The summed E-state index contributed by atoms with van der Waals surface area (Å²) < 4.78 is 65.8. The fraction of sp³-hybridized carbons (Fsp3) is 0.391. The highest BCUT2D eigenvalue weighted by Gasteiger charge is 2.38. The van der Waals surface area contributed by atoms with Crippen molar-refractivity contribution in [2.45, 2.75) is 38.4 Å². The molecule has 1 unspecified atom stereocenters. The molecule has 1 N–H and O–H groups in total. The molecule has 0 spiro atoms. The summed E-state index contributed by atoms with van der Waals surface area (Å²) in [7, 11) is 1.38. The number of halogens is 4. The molecule has 1 amide bonds. The van der Waals surface area contributed by atoms with Crippen molar-refractivity contribution in [2.75, 3.05) is 20.2 Å². The van der Waals surface area contributed by atoms with Crippen molar-refractivity contribution in [1.29, 1.82) is 0 Å². The molecule has 1 aliphatic rings. The molecule has 2 aromatic heterocycles. The number of aromatic nitrogens is 3. The van der Waals surface area contributed by atoms with E-state index >= 15 is 0 Å². The number of nitrogens with one attached hydrogen (secondary N) is 1. The normalized spacial score (nSPS) is 19.2. The first kappa shape index (κ1) is 24.6. The first-order valence-corrected chi connectivity index (χ1v) is 10.7. The summed E-state index contributed by atoms with van der Waals surface area (Å²) in [5.41, 5.74) is -2.20. The summed E-state index contributed by atoms with van der Waals surface area (Å²) in [4.78, 5) is 36.1. The van der Waals surface area contributed by atoms with Crippen LogP contribution in [-0.2, 0) is 10.9 Å². The second-order valence-corrected chi connectivity index (χ2v) is 8.23. The van der Waals surface area contributed by atoms with Crippen molar-refractivity contribution < 1.29 is 31.8 Å². The lowest BCUT2D eigenvalue weighted by atomic mass is 10.1. The third-order valence-corrected chi connectivity index (χ3v) is 5.75. The third kappa shape index (κ3) is 4.97. The van der Waals surface area contributed by atoms with Gasteiger partial charge in [-0.05, 0) is 44.2 Å². The molecule has 0 radical (unpaired) electrons. The van der Waals surface area contributed by atoms with Crippen LogP contribution in [0.1, 0.15) is 40.5 Å². The quantitative estimate of drug-likeness (QED) is 0.545. The van der Waals surface area contributed by atoms with Gasteiger partial charge in [-0.1, -0.05) is 0 Å². The minimum Gasteiger partial charge on any atom is -0.486 e. The summed E-state index contributed by atoms with van der Waals surface area (Å²) in [6.07, 6.45) is -7.91. The number of hydrogen-bond acceptors (Lipinski definition) is 6. The van der Waals surface area contributed by atoms with Gasteiger partial charge in [-0.2, -0.15) is 13.2 Å². The maximum absolute atomic E-state index is 13.9. The molecule has 3 atom stereocenters. The Labute approximate surface area is 196 Å². The van der Waals surface area contributed by atoms with E-state index in [1.807, 2.05) is 0 Å². The van der Waals surface area contributed by atoms with E-state index < -0.39 is 41.7 Å². The van der Waals surface area contributed by atoms with Gasteiger partial charge in [0, 0.05) is 18.2 Å². The maximum atomic E-state index is 13.9. The van der Waals surface area contributed by atoms with Gasteiger partial charge in [0.1, 0.15) is 30.0 Å². The lowest BCUT2D eigenvalue weighted by Crippen LogP contribution is -2.29. The molecular weight excluding hydrogens is 472 g/mol. The number of aromatic amines is 1. The Morgan fingerprint density at radius 1 is 1.20 bits per heavy atom. The maximum Gasteiger partial charge on any atom is 0.433 e. The second-order valence-electron chi connectivity index (χ2n) is 8.23. The minimum absolute atomic E-state index is 0.0880. The van der Waals surface area contributed by atoms with Gasteiger partial charge < -0.3 is 19.4 Å². The lowest BCUT2D eigenvalue weighted by molar-refractivity contribution is -0.142. The van der Waals surface area contributed by atoms with E-state index in [0.29, 0.717) is 0 Å². The molecule has 0 aliphatic carbocycles. The molecule has 3 heterocycles. The number of hydrogen-bond donors (Lipinski definition) is 1. The topological polar surface area (TPSA) is 97.4 Å². The Hall–Kier alpha value is -3.54. The molecule has 35 heavy (non-hydrogen) atoms. The average molecular weight is 494 g/mol. The Morgan fingerprint density at radius 3 is 2.49 bits per heavy atom. The molecule has 0 saturated carbocycles. The van der Waals surface area contributed by atoms with E-state index in [0.717, 1.165) is 6.07 Å². The average Bonchev–Trinajstić information content (AvgIpc) is 3.18. The molecule has 1 aliphatic heterocycles. The van der Waals surface area contributed by atoms with Crippen LogP contribution < -0.4 is 10.3 Å². The van der Waals surface area contributed by atoms with Crippen LogP contribution in [-0.4, -0.2) is 58.2 Å². The van der Waals surface area contributed by atoms with Crippen molar-refractivity contribution in [2.24, 2.45) is 0 Å². The number of rotatable bonds is 5.